The zero-order chi connectivity index (χ0) is 14.9. The van der Waals surface area contributed by atoms with Crippen LogP contribution in [0.5, 0.6) is 0 Å². The fourth-order valence-electron chi connectivity index (χ4n) is 3.14. The van der Waals surface area contributed by atoms with Crippen LogP contribution in [0.3, 0.4) is 0 Å². The summed E-state index contributed by atoms with van der Waals surface area (Å²) in [4.78, 5) is 0. The molecule has 112 valence electrons. The molecule has 2 nitrogen and oxygen atoms in total. The number of hydrogen-bond donors (Lipinski definition) is 1. The molecule has 2 aliphatic rings. The van der Waals surface area contributed by atoms with Gasteiger partial charge < -0.3 is 10.5 Å². The number of ether oxygens (including phenoxy) is 1. The Morgan fingerprint density at radius 3 is 2.62 bits per heavy atom. The molecular formula is C19H25NO. The molecular weight excluding hydrogens is 258 g/mol. The molecule has 2 N–H and O–H groups in total. The van der Waals surface area contributed by atoms with Gasteiger partial charge in [-0.3, -0.25) is 0 Å². The van der Waals surface area contributed by atoms with Crippen molar-refractivity contribution in [3.63, 3.8) is 0 Å². The first-order chi connectivity index (χ1) is 10.1. The fourth-order valence-corrected chi connectivity index (χ4v) is 3.14. The zero-order valence-corrected chi connectivity index (χ0v) is 13.1. The van der Waals surface area contributed by atoms with Crippen LogP contribution in [-0.2, 0) is 4.74 Å². The third-order valence-electron chi connectivity index (χ3n) is 4.71. The van der Waals surface area contributed by atoms with E-state index in [1.165, 1.54) is 28.7 Å². The lowest BCUT2D eigenvalue weighted by Crippen LogP contribution is -2.14. The highest BCUT2D eigenvalue weighted by Gasteiger charge is 2.23. The molecule has 0 atom stereocenters. The SMILES string of the molecule is CC1(C)CC=C(c2cc(C3=CCOCC3)ccc2N)CC1. The third-order valence-corrected chi connectivity index (χ3v) is 4.71. The van der Waals surface area contributed by atoms with Crippen LogP contribution in [0.4, 0.5) is 5.69 Å². The van der Waals surface area contributed by atoms with E-state index in [4.69, 9.17) is 10.5 Å². The minimum Gasteiger partial charge on any atom is -0.398 e. The Kier molecular flexibility index (Phi) is 3.90. The number of hydrogen-bond acceptors (Lipinski definition) is 2. The van der Waals surface area contributed by atoms with Crippen LogP contribution in [0.15, 0.2) is 30.4 Å². The van der Waals surface area contributed by atoms with E-state index in [9.17, 15) is 0 Å². The van der Waals surface area contributed by atoms with E-state index in [1.807, 2.05) is 0 Å². The summed E-state index contributed by atoms with van der Waals surface area (Å²) < 4.78 is 5.40. The molecule has 2 heteroatoms. The van der Waals surface area contributed by atoms with Gasteiger partial charge in [0.05, 0.1) is 13.2 Å². The maximum atomic E-state index is 6.23. The Morgan fingerprint density at radius 2 is 1.95 bits per heavy atom. The van der Waals surface area contributed by atoms with Gasteiger partial charge in [-0.25, -0.2) is 0 Å². The number of allylic oxidation sites excluding steroid dienone is 2. The van der Waals surface area contributed by atoms with E-state index < -0.39 is 0 Å². The number of benzene rings is 1. The largest absolute Gasteiger partial charge is 0.398 e. The molecule has 0 spiro atoms. The fraction of sp³-hybridized carbons (Fsp3) is 0.474. The Hall–Kier alpha value is -1.54. The Morgan fingerprint density at radius 1 is 1.10 bits per heavy atom. The van der Waals surface area contributed by atoms with Crippen molar-refractivity contribution in [1.29, 1.82) is 0 Å². The average Bonchev–Trinajstić information content (AvgIpc) is 2.49. The van der Waals surface area contributed by atoms with Crippen LogP contribution < -0.4 is 5.73 Å². The second-order valence-corrected chi connectivity index (χ2v) is 6.95. The van der Waals surface area contributed by atoms with Gasteiger partial charge in [-0.2, -0.15) is 0 Å². The quantitative estimate of drug-likeness (QED) is 0.801. The Labute approximate surface area is 127 Å². The second kappa shape index (κ2) is 5.69. The maximum absolute atomic E-state index is 6.23. The van der Waals surface area contributed by atoms with E-state index in [-0.39, 0.29) is 0 Å². The highest BCUT2D eigenvalue weighted by molar-refractivity contribution is 5.80. The van der Waals surface area contributed by atoms with Gasteiger partial charge in [-0.05, 0) is 59.9 Å². The molecule has 3 rings (SSSR count). The van der Waals surface area contributed by atoms with Crippen molar-refractivity contribution in [2.24, 2.45) is 5.41 Å². The molecule has 1 aromatic carbocycles. The summed E-state index contributed by atoms with van der Waals surface area (Å²) in [5.74, 6) is 0. The molecule has 0 unspecified atom stereocenters. The van der Waals surface area contributed by atoms with E-state index in [2.05, 4.69) is 44.2 Å². The molecule has 0 aromatic heterocycles. The van der Waals surface area contributed by atoms with Gasteiger partial charge in [-0.1, -0.05) is 32.1 Å². The molecule has 0 fully saturated rings. The lowest BCUT2D eigenvalue weighted by atomic mass is 9.76. The molecule has 0 amide bonds. The number of nitrogen functional groups attached to an aromatic ring is 1. The highest BCUT2D eigenvalue weighted by Crippen LogP contribution is 2.40. The monoisotopic (exact) mass is 283 g/mol. The molecule has 0 saturated heterocycles. The Balaban J connectivity index is 1.92. The minimum absolute atomic E-state index is 0.430. The van der Waals surface area contributed by atoms with Crippen LogP contribution >= 0.6 is 0 Å². The van der Waals surface area contributed by atoms with Gasteiger partial charge in [0.1, 0.15) is 0 Å². The van der Waals surface area contributed by atoms with Gasteiger partial charge >= 0.3 is 0 Å². The van der Waals surface area contributed by atoms with Crippen molar-refractivity contribution in [2.75, 3.05) is 18.9 Å². The standard InChI is InChI=1S/C19H25NO/c1-19(2)9-5-15(6-10-19)17-13-16(3-4-18(17)20)14-7-11-21-12-8-14/h3-5,7,13H,6,8-12,20H2,1-2H3. The first-order valence-electron chi connectivity index (χ1n) is 7.91. The first-order valence-corrected chi connectivity index (χ1v) is 7.91. The van der Waals surface area contributed by atoms with E-state index >= 15 is 0 Å². The molecule has 21 heavy (non-hydrogen) atoms. The summed E-state index contributed by atoms with van der Waals surface area (Å²) >= 11 is 0. The normalized spacial score (nSPS) is 21.6. The van der Waals surface area contributed by atoms with Gasteiger partial charge in [0.15, 0.2) is 0 Å². The number of nitrogens with two attached hydrogens (primary N) is 1. The van der Waals surface area contributed by atoms with Crippen molar-refractivity contribution in [1.82, 2.24) is 0 Å². The molecule has 0 saturated carbocycles. The van der Waals surface area contributed by atoms with E-state index in [0.717, 1.165) is 38.2 Å². The van der Waals surface area contributed by atoms with Gasteiger partial charge in [0, 0.05) is 11.3 Å². The summed E-state index contributed by atoms with van der Waals surface area (Å²) in [7, 11) is 0. The van der Waals surface area contributed by atoms with Crippen molar-refractivity contribution < 1.29 is 4.74 Å². The molecule has 1 aromatic rings. The highest BCUT2D eigenvalue weighted by atomic mass is 16.5. The summed E-state index contributed by atoms with van der Waals surface area (Å²) in [6.07, 6.45) is 9.08. The van der Waals surface area contributed by atoms with E-state index in [1.54, 1.807) is 0 Å². The van der Waals surface area contributed by atoms with Crippen molar-refractivity contribution >= 4 is 16.8 Å². The topological polar surface area (TPSA) is 35.2 Å². The minimum atomic E-state index is 0.430. The summed E-state index contributed by atoms with van der Waals surface area (Å²) in [6, 6.07) is 6.47. The Bertz CT molecular complexity index is 596. The van der Waals surface area contributed by atoms with Crippen molar-refractivity contribution in [3.05, 3.63) is 41.5 Å². The zero-order valence-electron chi connectivity index (χ0n) is 13.1. The number of anilines is 1. The molecule has 1 aliphatic heterocycles. The maximum Gasteiger partial charge on any atom is 0.0653 e. The third kappa shape index (κ3) is 3.21. The lowest BCUT2D eigenvalue weighted by Gasteiger charge is -2.29. The van der Waals surface area contributed by atoms with Crippen molar-refractivity contribution in [2.45, 2.75) is 39.5 Å². The molecule has 0 radical (unpaired) electrons. The average molecular weight is 283 g/mol. The summed E-state index contributed by atoms with van der Waals surface area (Å²) in [5, 5.41) is 0. The summed E-state index contributed by atoms with van der Waals surface area (Å²) in [5.41, 5.74) is 12.9. The van der Waals surface area contributed by atoms with Crippen LogP contribution in [0.25, 0.3) is 11.1 Å². The van der Waals surface area contributed by atoms with Gasteiger partial charge in [0.25, 0.3) is 0 Å². The predicted molar refractivity (Wildman–Crippen MR) is 89.9 cm³/mol. The molecule has 0 bridgehead atoms. The van der Waals surface area contributed by atoms with E-state index in [0.29, 0.717) is 5.41 Å². The first kappa shape index (κ1) is 14.4. The van der Waals surface area contributed by atoms with Crippen LogP contribution in [-0.4, -0.2) is 13.2 Å². The van der Waals surface area contributed by atoms with Crippen LogP contribution in [0.1, 0.15) is 50.7 Å². The van der Waals surface area contributed by atoms with Gasteiger partial charge in [0.2, 0.25) is 0 Å². The van der Waals surface area contributed by atoms with Crippen LogP contribution in [0.2, 0.25) is 0 Å². The smallest absolute Gasteiger partial charge is 0.0653 e. The predicted octanol–water partition coefficient (Wildman–Crippen LogP) is 4.67. The number of rotatable bonds is 2. The van der Waals surface area contributed by atoms with Gasteiger partial charge in [-0.15, -0.1) is 0 Å². The second-order valence-electron chi connectivity index (χ2n) is 6.95. The van der Waals surface area contributed by atoms with Crippen molar-refractivity contribution in [3.8, 4) is 0 Å². The molecule has 1 aliphatic carbocycles. The molecule has 1 heterocycles. The van der Waals surface area contributed by atoms with Crippen LogP contribution in [0, 0.1) is 5.41 Å². The summed E-state index contributed by atoms with van der Waals surface area (Å²) in [6.45, 7) is 6.23. The lowest BCUT2D eigenvalue weighted by molar-refractivity contribution is 0.161.